The third-order valence-corrected chi connectivity index (χ3v) is 16.3. The number of hydrogen-bond acceptors (Lipinski definition) is 3. The van der Waals surface area contributed by atoms with Crippen molar-refractivity contribution in [3.63, 3.8) is 0 Å². The summed E-state index contributed by atoms with van der Waals surface area (Å²) in [5.74, 6) is 2.32. The lowest BCUT2D eigenvalue weighted by Gasteiger charge is -2.21. The predicted molar refractivity (Wildman–Crippen MR) is 328 cm³/mol. The third-order valence-electron chi connectivity index (χ3n) is 16.3. The van der Waals surface area contributed by atoms with Crippen molar-refractivity contribution in [3.8, 4) is 84.3 Å². The van der Waals surface area contributed by atoms with Gasteiger partial charge in [0.25, 0.3) is 6.33 Å². The molecule has 0 unspecified atom stereocenters. The number of rotatable bonds is 6. The number of fused-ring (bicyclic) bond motifs is 13. The Kier molecular flexibility index (Phi) is 10.6. The molecular formula is C74H56N4O2. The average molecular weight is 1030 g/mol. The number of ether oxygens (including phenoxy) is 1. The van der Waals surface area contributed by atoms with E-state index < -0.39 is 0 Å². The van der Waals surface area contributed by atoms with Gasteiger partial charge in [-0.15, -0.1) is 0 Å². The Morgan fingerprint density at radius 1 is 0.425 bits per heavy atom. The number of benzene rings is 10. The molecule has 0 saturated carbocycles. The van der Waals surface area contributed by atoms with Gasteiger partial charge in [-0.3, -0.25) is 13.7 Å². The molecule has 1 aliphatic heterocycles. The Hall–Kier alpha value is -9.78. The Balaban J connectivity index is 0.919. The minimum atomic E-state index is -0.0349. The molecule has 0 aliphatic carbocycles. The second kappa shape index (κ2) is 17.9. The van der Waals surface area contributed by atoms with E-state index in [0.29, 0.717) is 5.75 Å². The highest BCUT2D eigenvalue weighted by Gasteiger charge is 2.28. The van der Waals surface area contributed by atoms with Crippen molar-refractivity contribution >= 4 is 54.8 Å². The van der Waals surface area contributed by atoms with Crippen LogP contribution in [0.3, 0.4) is 0 Å². The topological polar surface area (TPSA) is 49.0 Å². The second-order valence-corrected chi connectivity index (χ2v) is 23.4. The van der Waals surface area contributed by atoms with Crippen molar-refractivity contribution in [1.29, 1.82) is 0 Å². The van der Waals surface area contributed by atoms with Crippen LogP contribution in [0, 0.1) is 6.33 Å². The van der Waals surface area contributed by atoms with E-state index in [9.17, 15) is 0 Å². The molecule has 5 heterocycles. The van der Waals surface area contributed by atoms with Crippen molar-refractivity contribution in [1.82, 2.24) is 14.1 Å². The zero-order valence-corrected chi connectivity index (χ0v) is 45.5. The quantitative estimate of drug-likeness (QED) is 0.123. The van der Waals surface area contributed by atoms with Crippen LogP contribution >= 0.6 is 0 Å². The molecule has 80 heavy (non-hydrogen) atoms. The summed E-state index contributed by atoms with van der Waals surface area (Å²) < 4.78 is 20.0. The first kappa shape index (κ1) is 47.4. The van der Waals surface area contributed by atoms with E-state index in [-0.39, 0.29) is 10.8 Å². The predicted octanol–water partition coefficient (Wildman–Crippen LogP) is 19.1. The normalized spacial score (nSPS) is 12.4. The van der Waals surface area contributed by atoms with Crippen LogP contribution < -0.4 is 9.30 Å². The summed E-state index contributed by atoms with van der Waals surface area (Å²) in [5.41, 5.74) is 21.7. The van der Waals surface area contributed by atoms with Gasteiger partial charge in [0.2, 0.25) is 0 Å². The van der Waals surface area contributed by atoms with Gasteiger partial charge in [-0.2, -0.15) is 0 Å². The van der Waals surface area contributed by atoms with Gasteiger partial charge in [-0.25, -0.2) is 4.98 Å². The highest BCUT2D eigenvalue weighted by molar-refractivity contribution is 6.10. The fourth-order valence-electron chi connectivity index (χ4n) is 12.2. The van der Waals surface area contributed by atoms with Gasteiger partial charge in [0.1, 0.15) is 28.5 Å². The molecule has 4 aromatic heterocycles. The zero-order valence-electron chi connectivity index (χ0n) is 45.5. The van der Waals surface area contributed by atoms with Crippen LogP contribution in [0.15, 0.2) is 235 Å². The van der Waals surface area contributed by atoms with Crippen molar-refractivity contribution < 1.29 is 13.7 Å². The first-order chi connectivity index (χ1) is 38.9. The molecule has 10 aromatic carbocycles. The standard InChI is InChI=1S/C74H56N4O2/c1-73(2,3)49-32-28-46(29-33-49)54-22-14-23-62-63-40-47(48-31-37-69-64(41-48)60-21-10-12-27-68(60)80-69)30-35-57(63)55-18-7-8-19-56(55)61-24-15-26-66-72(61)77(71(54)62)45-76(66)51-16-13-17-52(43-51)79-53-34-36-59-58-20-9-11-25-65(58)78(67(59)44-53)70-42-50(38-39-75-70)74(4,5)6/h7-44H,1-6H3. The summed E-state index contributed by atoms with van der Waals surface area (Å²) >= 11 is 0. The van der Waals surface area contributed by atoms with Gasteiger partial charge >= 0.3 is 0 Å². The molecule has 15 rings (SSSR count). The number of nitrogens with zero attached hydrogens (tertiary/aromatic N) is 4. The molecule has 14 aromatic rings. The van der Waals surface area contributed by atoms with Crippen molar-refractivity contribution in [2.75, 3.05) is 0 Å². The van der Waals surface area contributed by atoms with Crippen LogP contribution in [0.5, 0.6) is 11.5 Å². The number of aromatic nitrogens is 4. The Labute approximate surface area is 465 Å². The Morgan fingerprint density at radius 2 is 1.05 bits per heavy atom. The van der Waals surface area contributed by atoms with Crippen LogP contribution in [0.2, 0.25) is 0 Å². The van der Waals surface area contributed by atoms with Crippen LogP contribution in [-0.4, -0.2) is 14.1 Å². The van der Waals surface area contributed by atoms with Crippen LogP contribution in [0.25, 0.3) is 128 Å². The summed E-state index contributed by atoms with van der Waals surface area (Å²) in [5, 5.41) is 4.52. The number of para-hydroxylation sites is 4. The molecule has 1 aliphatic rings. The van der Waals surface area contributed by atoms with Crippen molar-refractivity contribution in [2.24, 2.45) is 0 Å². The first-order valence-electron chi connectivity index (χ1n) is 27.6. The van der Waals surface area contributed by atoms with E-state index >= 15 is 0 Å². The fourth-order valence-corrected chi connectivity index (χ4v) is 12.2. The van der Waals surface area contributed by atoms with Gasteiger partial charge < -0.3 is 9.15 Å². The van der Waals surface area contributed by atoms with Gasteiger partial charge in [0.15, 0.2) is 0 Å². The molecule has 6 heteroatoms. The number of furan rings is 1. The minimum Gasteiger partial charge on any atom is -0.458 e. The summed E-state index contributed by atoms with van der Waals surface area (Å²) in [6.07, 6.45) is 5.94. The van der Waals surface area contributed by atoms with Gasteiger partial charge in [0.05, 0.1) is 33.4 Å². The average Bonchev–Trinajstić information content (AvgIpc) is 4.04. The van der Waals surface area contributed by atoms with Crippen LogP contribution in [-0.2, 0) is 10.8 Å². The largest absolute Gasteiger partial charge is 0.458 e. The maximum absolute atomic E-state index is 6.92. The molecule has 0 radical (unpaired) electrons. The second-order valence-electron chi connectivity index (χ2n) is 23.4. The highest BCUT2D eigenvalue weighted by Crippen LogP contribution is 2.47. The molecule has 0 amide bonds. The molecule has 0 atom stereocenters. The lowest BCUT2D eigenvalue weighted by molar-refractivity contribution is -0.570. The first-order valence-corrected chi connectivity index (χ1v) is 27.6. The maximum Gasteiger partial charge on any atom is 0.269 e. The molecule has 6 nitrogen and oxygen atoms in total. The van der Waals surface area contributed by atoms with E-state index in [1.807, 2.05) is 24.4 Å². The lowest BCUT2D eigenvalue weighted by atomic mass is 9.85. The van der Waals surface area contributed by atoms with E-state index in [4.69, 9.17) is 14.1 Å². The van der Waals surface area contributed by atoms with E-state index in [1.54, 1.807) is 0 Å². The molecular weight excluding hydrogens is 977 g/mol. The van der Waals surface area contributed by atoms with E-state index in [2.05, 4.69) is 268 Å². The molecule has 0 bridgehead atoms. The fraction of sp³-hybridized carbons (Fsp3) is 0.108. The number of hydrogen-bond donors (Lipinski definition) is 0. The maximum atomic E-state index is 6.92. The number of imidazole rings is 1. The minimum absolute atomic E-state index is 0.000797. The lowest BCUT2D eigenvalue weighted by Crippen LogP contribution is -2.32. The smallest absolute Gasteiger partial charge is 0.269 e. The summed E-state index contributed by atoms with van der Waals surface area (Å²) in [6.45, 7) is 13.5. The zero-order chi connectivity index (χ0) is 54.0. The Bertz CT molecular complexity index is 4820. The molecule has 384 valence electrons. The SMILES string of the molecule is CC(C)(C)c1ccc(-c2cccc3c2-[n+]2[c-]n(-c4cccc(Oc5ccc6c7ccccc7n(-c7cc(C(C)(C)C)ccn7)c6c5)c4)c4cccc(c42)-c2ccccc2-c2ccc(-c4ccc5oc6ccccc6c5c4)cc2-3)cc1. The number of pyridine rings is 1. The molecule has 0 spiro atoms. The summed E-state index contributed by atoms with van der Waals surface area (Å²) in [4.78, 5) is 4.93. The third kappa shape index (κ3) is 7.69. The van der Waals surface area contributed by atoms with E-state index in [1.165, 1.54) is 16.5 Å². The molecule has 0 N–H and O–H groups in total. The van der Waals surface area contributed by atoms with Gasteiger partial charge in [-0.05, 0) is 150 Å². The molecule has 0 saturated heterocycles. The summed E-state index contributed by atoms with van der Waals surface area (Å²) in [6, 6.07) is 81.0. The monoisotopic (exact) mass is 1030 g/mol. The molecule has 0 fully saturated rings. The van der Waals surface area contributed by atoms with E-state index in [0.717, 1.165) is 128 Å². The van der Waals surface area contributed by atoms with Crippen LogP contribution in [0.4, 0.5) is 0 Å². The summed E-state index contributed by atoms with van der Waals surface area (Å²) in [7, 11) is 0. The highest BCUT2D eigenvalue weighted by atomic mass is 16.5. The van der Waals surface area contributed by atoms with Crippen LogP contribution in [0.1, 0.15) is 52.7 Å². The van der Waals surface area contributed by atoms with Crippen molar-refractivity contribution in [3.05, 3.63) is 248 Å². The Morgan fingerprint density at radius 3 is 1.89 bits per heavy atom. The van der Waals surface area contributed by atoms with Gasteiger partial charge in [0, 0.05) is 33.8 Å². The van der Waals surface area contributed by atoms with Gasteiger partial charge in [-0.1, -0.05) is 187 Å². The van der Waals surface area contributed by atoms with Crippen molar-refractivity contribution in [2.45, 2.75) is 52.4 Å².